The number of carboxylic acids is 1. The molecule has 1 fully saturated rings. The van der Waals surface area contributed by atoms with Gasteiger partial charge in [0.1, 0.15) is 11.6 Å². The fourth-order valence-electron chi connectivity index (χ4n) is 4.89. The van der Waals surface area contributed by atoms with Crippen LogP contribution in [0.1, 0.15) is 81.6 Å². The van der Waals surface area contributed by atoms with Gasteiger partial charge in [-0.25, -0.2) is 14.2 Å². The van der Waals surface area contributed by atoms with E-state index in [9.17, 15) is 9.59 Å². The molecule has 7 nitrogen and oxygen atoms in total. The Kier molecular flexibility index (Phi) is 11.6. The minimum atomic E-state index is -1.07. The molecule has 1 aromatic heterocycles. The first kappa shape index (κ1) is 31.5. The van der Waals surface area contributed by atoms with E-state index in [2.05, 4.69) is 30.4 Å². The Bertz CT molecular complexity index is 1330. The zero-order valence-electron chi connectivity index (χ0n) is 24.6. The first-order chi connectivity index (χ1) is 19.7. The number of hydrogen-bond acceptors (Lipinski definition) is 5. The van der Waals surface area contributed by atoms with Crippen LogP contribution >= 0.6 is 0 Å². The van der Waals surface area contributed by atoms with Gasteiger partial charge < -0.3 is 14.9 Å². The second kappa shape index (κ2) is 15.1. The van der Waals surface area contributed by atoms with Gasteiger partial charge in [-0.05, 0) is 69.4 Å². The Morgan fingerprint density at radius 3 is 2.66 bits per heavy atom. The van der Waals surface area contributed by atoms with Crippen molar-refractivity contribution in [3.05, 3.63) is 83.7 Å². The summed E-state index contributed by atoms with van der Waals surface area (Å²) in [6, 6.07) is 7.83. The number of aromatic nitrogens is 1. The summed E-state index contributed by atoms with van der Waals surface area (Å²) in [6.07, 6.45) is 13.4. The van der Waals surface area contributed by atoms with Gasteiger partial charge in [-0.15, -0.1) is 0 Å². The topological polar surface area (TPSA) is 86.1 Å². The summed E-state index contributed by atoms with van der Waals surface area (Å²) in [5, 5.41) is 9.10. The molecule has 0 bridgehead atoms. The summed E-state index contributed by atoms with van der Waals surface area (Å²) in [7, 11) is 1.90. The van der Waals surface area contributed by atoms with E-state index in [4.69, 9.17) is 5.11 Å². The number of unbranched alkanes of at least 4 members (excludes halogenated alkanes) is 1. The molecule has 0 aliphatic carbocycles. The summed E-state index contributed by atoms with van der Waals surface area (Å²) in [5.74, 6) is -1.21. The first-order valence-electron chi connectivity index (χ1n) is 14.3. The Hall–Kier alpha value is -4.07. The van der Waals surface area contributed by atoms with E-state index in [-0.39, 0.29) is 17.5 Å². The predicted octanol–water partition coefficient (Wildman–Crippen LogP) is 7.33. The van der Waals surface area contributed by atoms with Crippen molar-refractivity contribution < 1.29 is 19.1 Å². The summed E-state index contributed by atoms with van der Waals surface area (Å²) >= 11 is 0. The number of carbonyl (C=O) groups is 2. The molecule has 2 aromatic rings. The van der Waals surface area contributed by atoms with Crippen LogP contribution in [-0.4, -0.2) is 57.6 Å². The van der Waals surface area contributed by atoms with Crippen LogP contribution in [0, 0.1) is 5.82 Å². The molecule has 3 rings (SSSR count). The Balaban J connectivity index is 1.92. The summed E-state index contributed by atoms with van der Waals surface area (Å²) in [6.45, 7) is 11.0. The minimum absolute atomic E-state index is 0.0600. The van der Waals surface area contributed by atoms with E-state index in [1.165, 1.54) is 24.5 Å². The number of nitrogens with zero attached hydrogens (tertiary/aromatic N) is 4. The van der Waals surface area contributed by atoms with Gasteiger partial charge >= 0.3 is 5.97 Å². The minimum Gasteiger partial charge on any atom is -0.478 e. The maximum absolute atomic E-state index is 15.3. The van der Waals surface area contributed by atoms with Gasteiger partial charge in [0, 0.05) is 42.7 Å². The number of carbonyl (C=O) groups excluding carboxylic acids is 1. The molecule has 1 N–H and O–H groups in total. The molecule has 1 unspecified atom stereocenters. The fourth-order valence-corrected chi connectivity index (χ4v) is 4.89. The predicted molar refractivity (Wildman–Crippen MR) is 163 cm³/mol. The van der Waals surface area contributed by atoms with E-state index < -0.39 is 11.8 Å². The standard InChI is InChI=1S/C33H41FN4O3/c1-6-8-13-27(7-2)37(5)31(36-22-32(39)38-18-11-9-10-12-24(38)4)19-23(3)28-16-14-25(20-29(28)34)30-17-15-26(21-35-30)33(40)41/h7,14-17,19-22,24H,3,6,8-13,18H2,1-2,4-5H3,(H,40,41)/b27-7-,31-19-,36-22+. The molecule has 1 aliphatic heterocycles. The maximum Gasteiger partial charge on any atom is 0.337 e. The second-order valence-corrected chi connectivity index (χ2v) is 10.4. The quantitative estimate of drug-likeness (QED) is 0.230. The number of aromatic carboxylic acids is 1. The second-order valence-electron chi connectivity index (χ2n) is 10.4. The van der Waals surface area contributed by atoms with E-state index in [0.717, 1.165) is 57.2 Å². The Morgan fingerprint density at radius 1 is 1.24 bits per heavy atom. The van der Waals surface area contributed by atoms with E-state index in [0.29, 0.717) is 28.2 Å². The van der Waals surface area contributed by atoms with Crippen molar-refractivity contribution in [2.24, 2.45) is 4.99 Å². The van der Waals surface area contributed by atoms with E-state index in [1.807, 2.05) is 29.8 Å². The van der Waals surface area contributed by atoms with Gasteiger partial charge in [0.25, 0.3) is 5.91 Å². The fraction of sp³-hybridized carbons (Fsp3) is 0.394. The number of amides is 1. The molecule has 218 valence electrons. The molecule has 0 spiro atoms. The third-order valence-electron chi connectivity index (χ3n) is 7.46. The molecule has 41 heavy (non-hydrogen) atoms. The van der Waals surface area contributed by atoms with Crippen LogP contribution < -0.4 is 0 Å². The summed E-state index contributed by atoms with van der Waals surface area (Å²) in [5.41, 5.74) is 2.78. The molecule has 0 saturated carbocycles. The average molecular weight is 561 g/mol. The molecule has 1 amide bonds. The van der Waals surface area contributed by atoms with Crippen LogP contribution in [0.15, 0.2) is 71.8 Å². The summed E-state index contributed by atoms with van der Waals surface area (Å²) < 4.78 is 15.3. The van der Waals surface area contributed by atoms with Crippen molar-refractivity contribution in [2.75, 3.05) is 13.6 Å². The van der Waals surface area contributed by atoms with Gasteiger partial charge in [0.2, 0.25) is 0 Å². The lowest BCUT2D eigenvalue weighted by molar-refractivity contribution is -0.125. The molecule has 1 aromatic carbocycles. The number of likely N-dealkylation sites (tertiary alicyclic amines) is 1. The van der Waals surface area contributed by atoms with Gasteiger partial charge in [0.05, 0.1) is 17.5 Å². The van der Waals surface area contributed by atoms with Crippen molar-refractivity contribution >= 4 is 23.7 Å². The van der Waals surface area contributed by atoms with Crippen molar-refractivity contribution in [3.63, 3.8) is 0 Å². The number of pyridine rings is 1. The number of carboxylic acid groups (broad SMARTS) is 1. The third kappa shape index (κ3) is 8.46. The lowest BCUT2D eigenvalue weighted by Crippen LogP contribution is -2.39. The molecular formula is C33H41FN4O3. The van der Waals surface area contributed by atoms with Crippen LogP contribution in [0.5, 0.6) is 0 Å². The highest BCUT2D eigenvalue weighted by Crippen LogP contribution is 2.27. The van der Waals surface area contributed by atoms with Crippen molar-refractivity contribution in [3.8, 4) is 11.3 Å². The number of benzene rings is 1. The van der Waals surface area contributed by atoms with Crippen LogP contribution in [0.25, 0.3) is 16.8 Å². The molecule has 0 radical (unpaired) electrons. The first-order valence-corrected chi connectivity index (χ1v) is 14.3. The monoisotopic (exact) mass is 560 g/mol. The van der Waals surface area contributed by atoms with Crippen LogP contribution in [0.4, 0.5) is 4.39 Å². The van der Waals surface area contributed by atoms with Crippen molar-refractivity contribution in [1.29, 1.82) is 0 Å². The maximum atomic E-state index is 15.3. The molecule has 1 atom stereocenters. The Morgan fingerprint density at radius 2 is 2.02 bits per heavy atom. The zero-order chi connectivity index (χ0) is 29.9. The largest absolute Gasteiger partial charge is 0.478 e. The number of rotatable bonds is 11. The third-order valence-corrected chi connectivity index (χ3v) is 7.46. The van der Waals surface area contributed by atoms with E-state index >= 15 is 4.39 Å². The normalized spacial score (nSPS) is 16.5. The van der Waals surface area contributed by atoms with Crippen molar-refractivity contribution in [2.45, 2.75) is 71.8 Å². The average Bonchev–Trinajstić information content (AvgIpc) is 3.19. The molecule has 1 saturated heterocycles. The number of hydrogen-bond donors (Lipinski definition) is 1. The number of allylic oxidation sites excluding steroid dienone is 4. The van der Waals surface area contributed by atoms with E-state index in [1.54, 1.807) is 24.3 Å². The molecule has 8 heteroatoms. The van der Waals surface area contributed by atoms with Gasteiger partial charge in [-0.1, -0.05) is 51.0 Å². The highest BCUT2D eigenvalue weighted by molar-refractivity contribution is 6.26. The number of halogens is 1. The smallest absolute Gasteiger partial charge is 0.337 e. The van der Waals surface area contributed by atoms with Crippen LogP contribution in [0.3, 0.4) is 0 Å². The van der Waals surface area contributed by atoms with Gasteiger partial charge in [0.15, 0.2) is 0 Å². The molecule has 2 heterocycles. The summed E-state index contributed by atoms with van der Waals surface area (Å²) in [4.78, 5) is 36.8. The highest BCUT2D eigenvalue weighted by atomic mass is 19.1. The molecular weight excluding hydrogens is 519 g/mol. The molecule has 1 aliphatic rings. The van der Waals surface area contributed by atoms with Gasteiger partial charge in [-0.3, -0.25) is 9.78 Å². The lowest BCUT2D eigenvalue weighted by Gasteiger charge is -2.26. The number of aliphatic imine (C=N–C) groups is 1. The van der Waals surface area contributed by atoms with Crippen molar-refractivity contribution in [1.82, 2.24) is 14.8 Å². The van der Waals surface area contributed by atoms with Crippen LogP contribution in [-0.2, 0) is 4.79 Å². The lowest BCUT2D eigenvalue weighted by atomic mass is 10.0. The SMILES string of the molecule is C=C(/C=C(/N=C/C(=O)N1CCCCCC1C)N(C)/C(=C\C)CCCC)c1ccc(-c2ccc(C(=O)O)cn2)cc1F. The van der Waals surface area contributed by atoms with Crippen LogP contribution in [0.2, 0.25) is 0 Å². The zero-order valence-corrected chi connectivity index (χ0v) is 24.6. The Labute approximate surface area is 242 Å². The highest BCUT2D eigenvalue weighted by Gasteiger charge is 2.21. The van der Waals surface area contributed by atoms with Gasteiger partial charge in [-0.2, -0.15) is 0 Å².